The summed E-state index contributed by atoms with van der Waals surface area (Å²) < 4.78 is 83.2. The largest absolute Gasteiger partial charge is 0.274 e. The van der Waals surface area contributed by atoms with Crippen molar-refractivity contribution < 1.29 is 26.3 Å². The molecule has 4 heterocycles. The van der Waals surface area contributed by atoms with E-state index >= 15 is 0 Å². The number of fused-ring (bicyclic) bond motifs is 3. The molecule has 0 radical (unpaired) electrons. The van der Waals surface area contributed by atoms with Gasteiger partial charge in [-0.15, -0.1) is 0 Å². The van der Waals surface area contributed by atoms with Crippen molar-refractivity contribution in [3.8, 4) is 12.1 Å². The van der Waals surface area contributed by atoms with E-state index in [2.05, 4.69) is 49.8 Å². The Kier molecular flexibility index (Phi) is 6.73. The molecule has 18 heteroatoms. The van der Waals surface area contributed by atoms with Gasteiger partial charge in [0, 0.05) is 36.4 Å². The summed E-state index contributed by atoms with van der Waals surface area (Å²) in [6, 6.07) is 8.07. The van der Waals surface area contributed by atoms with Crippen LogP contribution in [0.5, 0.6) is 0 Å². The summed E-state index contributed by atoms with van der Waals surface area (Å²) >= 11 is 0. The highest BCUT2D eigenvalue weighted by molar-refractivity contribution is 5.80. The first-order valence-electron chi connectivity index (χ1n) is 13.0. The highest BCUT2D eigenvalue weighted by atomic mass is 19.2. The molecule has 12 nitrogen and oxygen atoms in total. The zero-order valence-corrected chi connectivity index (χ0v) is 23.1. The number of nitriles is 2. The van der Waals surface area contributed by atoms with Crippen molar-refractivity contribution in [3.05, 3.63) is 150 Å². The summed E-state index contributed by atoms with van der Waals surface area (Å²) in [5, 5.41) is 19.5. The maximum Gasteiger partial charge on any atom is 0.274 e. The minimum absolute atomic E-state index is 0.124. The molecule has 228 valence electrons. The lowest BCUT2D eigenvalue weighted by Gasteiger charge is -2.07. The molecule has 0 unspecified atom stereocenters. The van der Waals surface area contributed by atoms with Crippen LogP contribution in [0.3, 0.4) is 0 Å². The molecule has 3 aliphatic rings. The second-order valence-corrected chi connectivity index (χ2v) is 9.65. The highest BCUT2D eigenvalue weighted by Gasteiger charge is 2.25. The third-order valence-corrected chi connectivity index (χ3v) is 6.70. The van der Waals surface area contributed by atoms with E-state index in [0.717, 1.165) is 36.4 Å². The molecule has 0 fully saturated rings. The fourth-order valence-corrected chi connectivity index (χ4v) is 4.51. The van der Waals surface area contributed by atoms with Gasteiger partial charge in [0.15, 0.2) is 69.8 Å². The number of allylic oxidation sites excluding steroid dienone is 2. The molecule has 1 aromatic heterocycles. The van der Waals surface area contributed by atoms with E-state index in [4.69, 9.17) is 6.57 Å². The summed E-state index contributed by atoms with van der Waals surface area (Å²) in [6.45, 7) is 7.82. The van der Waals surface area contributed by atoms with Gasteiger partial charge in [-0.2, -0.15) is 10.5 Å². The maximum atomic E-state index is 13.9. The summed E-state index contributed by atoms with van der Waals surface area (Å²) in [4.78, 5) is 40.2. The first-order chi connectivity index (χ1) is 23.1. The van der Waals surface area contributed by atoms with Gasteiger partial charge in [0.1, 0.15) is 23.3 Å². The number of nitrogens with zero attached hydrogens (tertiary/aromatic N) is 12. The van der Waals surface area contributed by atoms with Crippen LogP contribution >= 0.6 is 0 Å². The van der Waals surface area contributed by atoms with Crippen LogP contribution in [0, 0.1) is 64.1 Å². The number of benzene rings is 3. The van der Waals surface area contributed by atoms with Crippen LogP contribution in [0.25, 0.3) is 21.7 Å². The summed E-state index contributed by atoms with van der Waals surface area (Å²) in [6.07, 6.45) is 0. The molecule has 0 amide bonds. The van der Waals surface area contributed by atoms with Crippen molar-refractivity contribution in [2.45, 2.75) is 0 Å². The van der Waals surface area contributed by atoms with Crippen LogP contribution in [-0.4, -0.2) is 15.0 Å². The summed E-state index contributed by atoms with van der Waals surface area (Å²) in [5.41, 5.74) is -1.54. The van der Waals surface area contributed by atoms with Gasteiger partial charge in [-0.25, -0.2) is 76.1 Å². The van der Waals surface area contributed by atoms with E-state index in [1.165, 1.54) is 0 Å². The maximum absolute atomic E-state index is 13.9. The molecule has 0 saturated heterocycles. The van der Waals surface area contributed by atoms with Gasteiger partial charge in [-0.1, -0.05) is 0 Å². The third kappa shape index (κ3) is 4.84. The van der Waals surface area contributed by atoms with Crippen molar-refractivity contribution in [2.75, 3.05) is 0 Å². The van der Waals surface area contributed by atoms with Gasteiger partial charge in [0.25, 0.3) is 5.70 Å². The van der Waals surface area contributed by atoms with Crippen molar-refractivity contribution in [2.24, 2.45) is 30.0 Å². The number of hydrogen-bond donors (Lipinski definition) is 0. The second-order valence-electron chi connectivity index (χ2n) is 9.65. The minimum Gasteiger partial charge on any atom is -0.238 e. The normalized spacial score (nSPS) is 13.2. The van der Waals surface area contributed by atoms with Crippen LogP contribution in [-0.2, 0) is 0 Å². The van der Waals surface area contributed by atoms with Crippen molar-refractivity contribution in [1.82, 2.24) is 15.0 Å². The standard InChI is InChI=1S/C30H6F6N12/c1-39-24(29-44-22-6-16(35)17(36)7-23(22)45-29)30-47-27(10(8-37)25-40-18-2-12(31)13(32)3-19(18)41-25)46-28(48-30)11(9-38)26-42-20-4-14(33)15(34)5-21(20)43-26/h2-7H. The minimum atomic E-state index is -1.23. The highest BCUT2D eigenvalue weighted by Crippen LogP contribution is 2.26. The average molecular weight is 648 g/mol. The van der Waals surface area contributed by atoms with Gasteiger partial charge >= 0.3 is 0 Å². The number of halogens is 6. The van der Waals surface area contributed by atoms with E-state index in [-0.39, 0.29) is 32.1 Å². The van der Waals surface area contributed by atoms with Crippen molar-refractivity contribution in [1.29, 1.82) is 10.5 Å². The quantitative estimate of drug-likeness (QED) is 0.186. The van der Waals surface area contributed by atoms with Crippen molar-refractivity contribution >= 4 is 16.8 Å². The lowest BCUT2D eigenvalue weighted by molar-refractivity contribution is 0.506. The molecule has 48 heavy (non-hydrogen) atoms. The second kappa shape index (κ2) is 11.0. The van der Waals surface area contributed by atoms with E-state index in [9.17, 15) is 36.9 Å². The van der Waals surface area contributed by atoms with Gasteiger partial charge in [-0.05, 0) is 0 Å². The number of hydrogen-bond acceptors (Lipinski definition) is 11. The molecular formula is C30H6F6N12. The van der Waals surface area contributed by atoms with Crippen LogP contribution in [0.1, 0.15) is 17.5 Å². The van der Waals surface area contributed by atoms with Gasteiger partial charge < -0.3 is 0 Å². The van der Waals surface area contributed by atoms with E-state index in [1.807, 2.05) is 0 Å². The average Bonchev–Trinajstić information content (AvgIpc) is 3.76. The Morgan fingerprint density at radius 3 is 1.02 bits per heavy atom. The SMILES string of the molecule is [C-]#[N+]C(=C1N=c2cc(F)c(F)cc2=N1)c1nc(C(C#N)=C2N=c3cc(F)c(F)cc3=N2)nc(C(C#N)=C2N=c3cc(F)c(F)cc3=N2)n1. The van der Waals surface area contributed by atoms with Crippen molar-refractivity contribution in [3.63, 3.8) is 0 Å². The molecule has 4 aromatic rings. The van der Waals surface area contributed by atoms with Gasteiger partial charge in [0.05, 0.1) is 38.7 Å². The smallest absolute Gasteiger partial charge is 0.238 e. The summed E-state index contributed by atoms with van der Waals surface area (Å²) in [5.74, 6) is -10.2. The monoisotopic (exact) mass is 648 g/mol. The first-order valence-corrected chi connectivity index (χ1v) is 13.0. The lowest BCUT2D eigenvalue weighted by Crippen LogP contribution is -2.23. The number of aromatic nitrogens is 3. The van der Waals surface area contributed by atoms with E-state index in [1.54, 1.807) is 12.1 Å². The molecule has 0 saturated carbocycles. The Labute approximate surface area is 260 Å². The zero-order valence-electron chi connectivity index (χ0n) is 23.1. The Hall–Kier alpha value is -7.26. The topological polar surface area (TPSA) is 165 Å². The molecule has 3 aromatic carbocycles. The molecule has 0 bridgehead atoms. The van der Waals surface area contributed by atoms with Gasteiger partial charge in [0.2, 0.25) is 0 Å². The number of rotatable bonds is 3. The molecule has 0 N–H and O–H groups in total. The molecular weight excluding hydrogens is 642 g/mol. The van der Waals surface area contributed by atoms with Crippen LogP contribution < -0.4 is 32.1 Å². The van der Waals surface area contributed by atoms with Crippen LogP contribution in [0.4, 0.5) is 26.3 Å². The lowest BCUT2D eigenvalue weighted by atomic mass is 10.2. The predicted molar refractivity (Wildman–Crippen MR) is 144 cm³/mol. The Balaban J connectivity index is 1.50. The van der Waals surface area contributed by atoms with Crippen LogP contribution in [0.15, 0.2) is 83.8 Å². The first kappa shape index (κ1) is 29.5. The Bertz CT molecular complexity index is 2390. The molecule has 0 atom stereocenters. The Morgan fingerprint density at radius 1 is 0.479 bits per heavy atom. The summed E-state index contributed by atoms with van der Waals surface area (Å²) in [7, 11) is 0. The molecule has 3 aliphatic heterocycles. The van der Waals surface area contributed by atoms with E-state index < -0.39 is 86.7 Å². The third-order valence-electron chi connectivity index (χ3n) is 6.70. The van der Waals surface area contributed by atoms with Crippen LogP contribution in [0.2, 0.25) is 0 Å². The molecule has 0 spiro atoms. The van der Waals surface area contributed by atoms with Gasteiger partial charge in [-0.3, -0.25) is 0 Å². The van der Waals surface area contributed by atoms with E-state index in [0.29, 0.717) is 0 Å². The molecule has 7 rings (SSSR count). The zero-order chi connectivity index (χ0) is 33.9. The predicted octanol–water partition coefficient (Wildman–Crippen LogP) is 1.49. The fourth-order valence-electron chi connectivity index (χ4n) is 4.51. The molecule has 0 aliphatic carbocycles. The fraction of sp³-hybridized carbons (Fsp3) is 0. The Morgan fingerprint density at radius 2 is 0.750 bits per heavy atom.